The van der Waals surface area contributed by atoms with Gasteiger partial charge >= 0.3 is 0 Å². The minimum absolute atomic E-state index is 0.0923. The molecule has 1 aliphatic rings. The standard InChI is InChI=1S/C23H23N3O2/c1-16-13-18-5-3-4-6-21(18)26(16)19-9-12-22(24-15-19)25-23(27)14-17-7-10-20(28-2)11-8-17/h3-12,15-16H,13-14H2,1-2H3,(H,24,25,27). The first kappa shape index (κ1) is 18.0. The largest absolute Gasteiger partial charge is 0.497 e. The van der Waals surface area contributed by atoms with E-state index in [9.17, 15) is 4.79 Å². The van der Waals surface area contributed by atoms with Crippen LogP contribution in [0, 0.1) is 0 Å². The summed E-state index contributed by atoms with van der Waals surface area (Å²) in [4.78, 5) is 19.0. The Morgan fingerprint density at radius 2 is 1.93 bits per heavy atom. The summed E-state index contributed by atoms with van der Waals surface area (Å²) in [6.07, 6.45) is 3.14. The molecule has 1 atom stereocenters. The molecule has 0 radical (unpaired) electrons. The number of hydrogen-bond acceptors (Lipinski definition) is 4. The van der Waals surface area contributed by atoms with E-state index in [1.807, 2.05) is 42.6 Å². The lowest BCUT2D eigenvalue weighted by molar-refractivity contribution is -0.115. The predicted molar refractivity (Wildman–Crippen MR) is 111 cm³/mol. The van der Waals surface area contributed by atoms with Crippen LogP contribution in [0.1, 0.15) is 18.1 Å². The van der Waals surface area contributed by atoms with Gasteiger partial charge in [0.2, 0.25) is 5.91 Å². The van der Waals surface area contributed by atoms with Crippen molar-refractivity contribution in [2.45, 2.75) is 25.8 Å². The van der Waals surface area contributed by atoms with E-state index >= 15 is 0 Å². The highest BCUT2D eigenvalue weighted by Crippen LogP contribution is 2.37. The van der Waals surface area contributed by atoms with Crippen molar-refractivity contribution in [1.29, 1.82) is 0 Å². The SMILES string of the molecule is COc1ccc(CC(=O)Nc2ccc(N3c4ccccc4CC3C)cn2)cc1. The van der Waals surface area contributed by atoms with Crippen molar-refractivity contribution in [3.8, 4) is 5.75 Å². The van der Waals surface area contributed by atoms with Crippen LogP contribution in [0.3, 0.4) is 0 Å². The van der Waals surface area contributed by atoms with Gasteiger partial charge in [0.25, 0.3) is 0 Å². The monoisotopic (exact) mass is 373 g/mol. The van der Waals surface area contributed by atoms with E-state index in [4.69, 9.17) is 4.74 Å². The maximum Gasteiger partial charge on any atom is 0.229 e. The highest BCUT2D eigenvalue weighted by Gasteiger charge is 2.26. The first-order chi connectivity index (χ1) is 13.6. The highest BCUT2D eigenvalue weighted by molar-refractivity contribution is 5.91. The number of aromatic nitrogens is 1. The lowest BCUT2D eigenvalue weighted by Gasteiger charge is -2.24. The van der Waals surface area contributed by atoms with Gasteiger partial charge in [0.15, 0.2) is 0 Å². The van der Waals surface area contributed by atoms with Crippen molar-refractivity contribution in [1.82, 2.24) is 4.98 Å². The minimum Gasteiger partial charge on any atom is -0.497 e. The third kappa shape index (κ3) is 3.69. The molecule has 2 aromatic carbocycles. The summed E-state index contributed by atoms with van der Waals surface area (Å²) >= 11 is 0. The van der Waals surface area contributed by atoms with Gasteiger partial charge in [0.05, 0.1) is 25.4 Å². The van der Waals surface area contributed by atoms with Crippen molar-refractivity contribution < 1.29 is 9.53 Å². The molecule has 5 heteroatoms. The number of nitrogens with one attached hydrogen (secondary N) is 1. The molecule has 142 valence electrons. The van der Waals surface area contributed by atoms with E-state index in [0.717, 1.165) is 23.4 Å². The van der Waals surface area contributed by atoms with Gasteiger partial charge in [0, 0.05) is 11.7 Å². The summed E-state index contributed by atoms with van der Waals surface area (Å²) in [5.41, 5.74) is 4.54. The zero-order valence-electron chi connectivity index (χ0n) is 16.1. The summed E-state index contributed by atoms with van der Waals surface area (Å²) in [7, 11) is 1.62. The number of amides is 1. The topological polar surface area (TPSA) is 54.5 Å². The molecular formula is C23H23N3O2. The van der Waals surface area contributed by atoms with E-state index in [1.54, 1.807) is 7.11 Å². The van der Waals surface area contributed by atoms with Crippen LogP contribution >= 0.6 is 0 Å². The molecule has 1 aliphatic heterocycles. The normalized spacial score (nSPS) is 15.2. The second kappa shape index (κ2) is 7.72. The summed E-state index contributed by atoms with van der Waals surface area (Å²) < 4.78 is 5.14. The summed E-state index contributed by atoms with van der Waals surface area (Å²) in [5.74, 6) is 1.24. The quantitative estimate of drug-likeness (QED) is 0.722. The fraction of sp³-hybridized carbons (Fsp3) is 0.217. The molecule has 28 heavy (non-hydrogen) atoms. The molecule has 1 aromatic heterocycles. The van der Waals surface area contributed by atoms with Gasteiger partial charge in [-0.3, -0.25) is 4.79 Å². The Labute approximate surface area is 165 Å². The highest BCUT2D eigenvalue weighted by atomic mass is 16.5. The lowest BCUT2D eigenvalue weighted by Crippen LogP contribution is -2.24. The first-order valence-electron chi connectivity index (χ1n) is 9.40. The number of benzene rings is 2. The molecule has 4 rings (SSSR count). The fourth-order valence-corrected chi connectivity index (χ4v) is 3.68. The Kier molecular flexibility index (Phi) is 4.98. The van der Waals surface area contributed by atoms with Gasteiger partial charge in [-0.15, -0.1) is 0 Å². The molecule has 0 aliphatic carbocycles. The smallest absolute Gasteiger partial charge is 0.229 e. The van der Waals surface area contributed by atoms with Crippen LogP contribution in [-0.2, 0) is 17.6 Å². The average Bonchev–Trinajstić information content (AvgIpc) is 3.05. The number of nitrogens with zero attached hydrogens (tertiary/aromatic N) is 2. The number of ether oxygens (including phenoxy) is 1. The molecule has 3 aromatic rings. The number of fused-ring (bicyclic) bond motifs is 1. The third-order valence-electron chi connectivity index (χ3n) is 5.02. The molecule has 1 unspecified atom stereocenters. The molecule has 1 amide bonds. The Morgan fingerprint density at radius 3 is 2.64 bits per heavy atom. The second-order valence-corrected chi connectivity index (χ2v) is 7.03. The van der Waals surface area contributed by atoms with Gasteiger partial charge in [-0.2, -0.15) is 0 Å². The molecule has 5 nitrogen and oxygen atoms in total. The van der Waals surface area contributed by atoms with Crippen molar-refractivity contribution >= 4 is 23.1 Å². The summed E-state index contributed by atoms with van der Waals surface area (Å²) in [6.45, 7) is 2.21. The molecule has 2 heterocycles. The number of hydrogen-bond donors (Lipinski definition) is 1. The van der Waals surface area contributed by atoms with E-state index < -0.39 is 0 Å². The van der Waals surface area contributed by atoms with Crippen LogP contribution < -0.4 is 15.0 Å². The summed E-state index contributed by atoms with van der Waals surface area (Å²) in [6, 6.07) is 20.2. The minimum atomic E-state index is -0.0923. The maximum absolute atomic E-state index is 12.3. The Hall–Kier alpha value is -3.34. The average molecular weight is 373 g/mol. The molecule has 0 saturated heterocycles. The van der Waals surface area contributed by atoms with Crippen LogP contribution in [0.15, 0.2) is 66.9 Å². The van der Waals surface area contributed by atoms with Crippen LogP contribution in [0.2, 0.25) is 0 Å². The van der Waals surface area contributed by atoms with Gasteiger partial charge in [-0.1, -0.05) is 30.3 Å². The number of para-hydroxylation sites is 1. The number of anilines is 3. The number of methoxy groups -OCH3 is 1. The first-order valence-corrected chi connectivity index (χ1v) is 9.40. The van der Waals surface area contributed by atoms with Gasteiger partial charge < -0.3 is 15.0 Å². The van der Waals surface area contributed by atoms with Crippen molar-refractivity contribution in [2.24, 2.45) is 0 Å². The Bertz CT molecular complexity index is 968. The zero-order valence-corrected chi connectivity index (χ0v) is 16.1. The van der Waals surface area contributed by atoms with Crippen LogP contribution in [0.5, 0.6) is 5.75 Å². The lowest BCUT2D eigenvalue weighted by atomic mass is 10.1. The maximum atomic E-state index is 12.3. The predicted octanol–water partition coefficient (Wildman–Crippen LogP) is 4.35. The van der Waals surface area contributed by atoms with Crippen LogP contribution in [0.25, 0.3) is 0 Å². The van der Waals surface area contributed by atoms with Crippen LogP contribution in [-0.4, -0.2) is 24.0 Å². The molecule has 0 fully saturated rings. The van der Waals surface area contributed by atoms with Gasteiger partial charge in [-0.05, 0) is 54.8 Å². The van der Waals surface area contributed by atoms with Gasteiger partial charge in [0.1, 0.15) is 11.6 Å². The van der Waals surface area contributed by atoms with Gasteiger partial charge in [-0.25, -0.2) is 4.98 Å². The molecular weight excluding hydrogens is 350 g/mol. The van der Waals surface area contributed by atoms with E-state index in [1.165, 1.54) is 11.3 Å². The van der Waals surface area contributed by atoms with Crippen molar-refractivity contribution in [3.63, 3.8) is 0 Å². The van der Waals surface area contributed by atoms with E-state index in [-0.39, 0.29) is 5.91 Å². The third-order valence-corrected chi connectivity index (χ3v) is 5.02. The number of carbonyl (C=O) groups is 1. The fourth-order valence-electron chi connectivity index (χ4n) is 3.68. The second-order valence-electron chi connectivity index (χ2n) is 7.03. The Balaban J connectivity index is 1.42. The zero-order chi connectivity index (χ0) is 19.5. The molecule has 0 spiro atoms. The summed E-state index contributed by atoms with van der Waals surface area (Å²) in [5, 5.41) is 2.87. The molecule has 1 N–H and O–H groups in total. The van der Waals surface area contributed by atoms with Crippen LogP contribution in [0.4, 0.5) is 17.2 Å². The van der Waals surface area contributed by atoms with E-state index in [0.29, 0.717) is 18.3 Å². The Morgan fingerprint density at radius 1 is 1.14 bits per heavy atom. The molecule has 0 bridgehead atoms. The van der Waals surface area contributed by atoms with E-state index in [2.05, 4.69) is 46.4 Å². The molecule has 0 saturated carbocycles. The number of carbonyl (C=O) groups excluding carboxylic acids is 1. The number of pyridine rings is 1. The number of rotatable bonds is 5. The van der Waals surface area contributed by atoms with Crippen molar-refractivity contribution in [2.75, 3.05) is 17.3 Å². The van der Waals surface area contributed by atoms with Crippen molar-refractivity contribution in [3.05, 3.63) is 78.0 Å².